The van der Waals surface area contributed by atoms with Gasteiger partial charge in [-0.05, 0) is 37.1 Å². The number of hydrogen-bond donors (Lipinski definition) is 1. The summed E-state index contributed by atoms with van der Waals surface area (Å²) in [4.78, 5) is 0. The molecule has 0 amide bonds. The molecule has 0 aliphatic heterocycles. The molecular weight excluding hydrogens is 217 g/mol. The highest BCUT2D eigenvalue weighted by atomic mass is 19.1. The van der Waals surface area contributed by atoms with Gasteiger partial charge < -0.3 is 10.1 Å². The Morgan fingerprint density at radius 3 is 2.94 bits per heavy atom. The molecule has 1 aromatic carbocycles. The van der Waals surface area contributed by atoms with Crippen molar-refractivity contribution >= 4 is 0 Å². The van der Waals surface area contributed by atoms with E-state index in [0.29, 0.717) is 18.9 Å². The zero-order chi connectivity index (χ0) is 12.5. The summed E-state index contributed by atoms with van der Waals surface area (Å²) in [7, 11) is 0. The summed E-state index contributed by atoms with van der Waals surface area (Å²) < 4.78 is 18.8. The molecule has 17 heavy (non-hydrogen) atoms. The Morgan fingerprint density at radius 1 is 1.41 bits per heavy atom. The zero-order valence-corrected chi connectivity index (χ0v) is 10.3. The summed E-state index contributed by atoms with van der Waals surface area (Å²) in [6.45, 7) is 7.79. The molecule has 0 heterocycles. The Bertz CT molecular complexity index is 352. The summed E-state index contributed by atoms with van der Waals surface area (Å²) in [5, 5.41) is 3.16. The van der Waals surface area contributed by atoms with E-state index in [2.05, 4.69) is 11.9 Å². The molecule has 0 radical (unpaired) electrons. The van der Waals surface area contributed by atoms with E-state index < -0.39 is 0 Å². The molecule has 0 saturated heterocycles. The van der Waals surface area contributed by atoms with Crippen LogP contribution >= 0.6 is 0 Å². The molecule has 0 saturated carbocycles. The number of rotatable bonds is 8. The first kappa shape index (κ1) is 13.7. The number of nitrogens with one attached hydrogen (secondary N) is 1. The van der Waals surface area contributed by atoms with Gasteiger partial charge in [-0.1, -0.05) is 13.0 Å². The monoisotopic (exact) mass is 237 g/mol. The molecule has 1 aromatic rings. The highest BCUT2D eigenvalue weighted by Gasteiger charge is 2.01. The molecule has 1 rings (SSSR count). The minimum atomic E-state index is -0.251. The minimum absolute atomic E-state index is 0.251. The van der Waals surface area contributed by atoms with E-state index >= 15 is 0 Å². The molecule has 3 heteroatoms. The van der Waals surface area contributed by atoms with Gasteiger partial charge in [0.25, 0.3) is 0 Å². The van der Waals surface area contributed by atoms with Crippen molar-refractivity contribution in [3.05, 3.63) is 42.2 Å². The molecule has 0 aliphatic rings. The van der Waals surface area contributed by atoms with Gasteiger partial charge in [-0.15, -0.1) is 6.58 Å². The molecule has 0 aromatic heterocycles. The SMILES string of the molecule is C=CCCCOc1cc(F)cc(CNCC)c1. The van der Waals surface area contributed by atoms with Gasteiger partial charge in [-0.3, -0.25) is 0 Å². The maximum atomic E-state index is 13.3. The Morgan fingerprint density at radius 2 is 2.24 bits per heavy atom. The van der Waals surface area contributed by atoms with E-state index in [9.17, 15) is 4.39 Å². The molecule has 94 valence electrons. The molecule has 1 N–H and O–H groups in total. The number of ether oxygens (including phenoxy) is 1. The lowest BCUT2D eigenvalue weighted by Crippen LogP contribution is -2.12. The van der Waals surface area contributed by atoms with Crippen LogP contribution in [-0.2, 0) is 6.54 Å². The smallest absolute Gasteiger partial charge is 0.127 e. The Balaban J connectivity index is 2.52. The van der Waals surface area contributed by atoms with E-state index in [0.717, 1.165) is 24.9 Å². The van der Waals surface area contributed by atoms with E-state index in [1.165, 1.54) is 12.1 Å². The highest BCUT2D eigenvalue weighted by Crippen LogP contribution is 2.16. The van der Waals surface area contributed by atoms with Crippen molar-refractivity contribution in [1.29, 1.82) is 0 Å². The first-order chi connectivity index (χ1) is 8.26. The number of benzene rings is 1. The molecule has 0 spiro atoms. The number of halogens is 1. The van der Waals surface area contributed by atoms with Crippen molar-refractivity contribution in [3.8, 4) is 5.75 Å². The highest BCUT2D eigenvalue weighted by molar-refractivity contribution is 5.29. The predicted octanol–water partition coefficient (Wildman–Crippen LogP) is 3.28. The van der Waals surface area contributed by atoms with Gasteiger partial charge in [0.1, 0.15) is 11.6 Å². The maximum Gasteiger partial charge on any atom is 0.127 e. The molecule has 0 aliphatic carbocycles. The average Bonchev–Trinajstić information content (AvgIpc) is 2.31. The van der Waals surface area contributed by atoms with Crippen LogP contribution in [0.1, 0.15) is 25.3 Å². The topological polar surface area (TPSA) is 21.3 Å². The largest absolute Gasteiger partial charge is 0.493 e. The third-order valence-corrected chi connectivity index (χ3v) is 2.33. The molecule has 0 fully saturated rings. The van der Waals surface area contributed by atoms with Crippen molar-refractivity contribution in [2.45, 2.75) is 26.3 Å². The third-order valence-electron chi connectivity index (χ3n) is 2.33. The van der Waals surface area contributed by atoms with Crippen LogP contribution in [-0.4, -0.2) is 13.2 Å². The standard InChI is InChI=1S/C14H20FNO/c1-3-5-6-7-17-14-9-12(11-16-4-2)8-13(15)10-14/h3,8-10,16H,1,4-7,11H2,2H3. The molecule has 0 atom stereocenters. The van der Waals surface area contributed by atoms with Gasteiger partial charge in [0.15, 0.2) is 0 Å². The van der Waals surface area contributed by atoms with Crippen LogP contribution in [0.4, 0.5) is 4.39 Å². The number of hydrogen-bond acceptors (Lipinski definition) is 2. The van der Waals surface area contributed by atoms with E-state index in [1.807, 2.05) is 19.1 Å². The van der Waals surface area contributed by atoms with Crippen molar-refractivity contribution in [2.75, 3.05) is 13.2 Å². The normalized spacial score (nSPS) is 10.2. The van der Waals surface area contributed by atoms with E-state index in [1.54, 1.807) is 0 Å². The molecular formula is C14H20FNO. The summed E-state index contributed by atoms with van der Waals surface area (Å²) in [5.41, 5.74) is 0.908. The van der Waals surface area contributed by atoms with E-state index in [4.69, 9.17) is 4.74 Å². The Kier molecular flexibility index (Phi) is 6.33. The van der Waals surface area contributed by atoms with Crippen molar-refractivity contribution in [1.82, 2.24) is 5.32 Å². The summed E-state index contributed by atoms with van der Waals surface area (Å²) in [6, 6.07) is 4.82. The second-order valence-electron chi connectivity index (χ2n) is 3.85. The zero-order valence-electron chi connectivity index (χ0n) is 10.3. The maximum absolute atomic E-state index is 13.3. The van der Waals surface area contributed by atoms with Gasteiger partial charge in [0.05, 0.1) is 6.61 Å². The second-order valence-corrected chi connectivity index (χ2v) is 3.85. The molecule has 0 bridgehead atoms. The van der Waals surface area contributed by atoms with Gasteiger partial charge in [0, 0.05) is 12.6 Å². The Labute approximate surface area is 102 Å². The van der Waals surface area contributed by atoms with Crippen LogP contribution in [0.5, 0.6) is 5.75 Å². The van der Waals surface area contributed by atoms with Crippen LogP contribution in [0.3, 0.4) is 0 Å². The molecule has 0 unspecified atom stereocenters. The van der Waals surface area contributed by atoms with E-state index in [-0.39, 0.29) is 5.82 Å². The molecule has 2 nitrogen and oxygen atoms in total. The lowest BCUT2D eigenvalue weighted by atomic mass is 10.2. The quantitative estimate of drug-likeness (QED) is 0.553. The average molecular weight is 237 g/mol. The van der Waals surface area contributed by atoms with Crippen LogP contribution in [0.15, 0.2) is 30.9 Å². The number of unbranched alkanes of at least 4 members (excludes halogenated alkanes) is 1. The van der Waals surface area contributed by atoms with Crippen LogP contribution in [0, 0.1) is 5.82 Å². The van der Waals surface area contributed by atoms with Gasteiger partial charge in [-0.2, -0.15) is 0 Å². The third kappa shape index (κ3) is 5.50. The summed E-state index contributed by atoms with van der Waals surface area (Å²) >= 11 is 0. The first-order valence-corrected chi connectivity index (χ1v) is 6.00. The Hall–Kier alpha value is -1.35. The van der Waals surface area contributed by atoms with Crippen LogP contribution < -0.4 is 10.1 Å². The fourth-order valence-electron chi connectivity index (χ4n) is 1.49. The fraction of sp³-hybridized carbons (Fsp3) is 0.429. The van der Waals surface area contributed by atoms with Crippen molar-refractivity contribution in [3.63, 3.8) is 0 Å². The van der Waals surface area contributed by atoms with Gasteiger partial charge in [0.2, 0.25) is 0 Å². The lowest BCUT2D eigenvalue weighted by molar-refractivity contribution is 0.310. The second kappa shape index (κ2) is 7.85. The number of allylic oxidation sites excluding steroid dienone is 1. The van der Waals surface area contributed by atoms with Crippen molar-refractivity contribution < 1.29 is 9.13 Å². The predicted molar refractivity (Wildman–Crippen MR) is 68.7 cm³/mol. The lowest BCUT2D eigenvalue weighted by Gasteiger charge is -2.08. The van der Waals surface area contributed by atoms with Gasteiger partial charge >= 0.3 is 0 Å². The minimum Gasteiger partial charge on any atom is -0.493 e. The first-order valence-electron chi connectivity index (χ1n) is 6.00. The summed E-state index contributed by atoms with van der Waals surface area (Å²) in [5.74, 6) is 0.348. The van der Waals surface area contributed by atoms with Crippen molar-refractivity contribution in [2.24, 2.45) is 0 Å². The van der Waals surface area contributed by atoms with Crippen LogP contribution in [0.25, 0.3) is 0 Å². The van der Waals surface area contributed by atoms with Crippen LogP contribution in [0.2, 0.25) is 0 Å². The van der Waals surface area contributed by atoms with Gasteiger partial charge in [-0.25, -0.2) is 4.39 Å². The fourth-order valence-corrected chi connectivity index (χ4v) is 1.49. The summed E-state index contributed by atoms with van der Waals surface area (Å²) in [6.07, 6.45) is 3.67.